The van der Waals surface area contributed by atoms with Gasteiger partial charge in [-0.15, -0.1) is 12.4 Å². The van der Waals surface area contributed by atoms with Crippen LogP contribution in [0.3, 0.4) is 0 Å². The minimum atomic E-state index is 0. The number of nitrogens with zero attached hydrogens (tertiary/aromatic N) is 3. The number of benzene rings is 1. The topological polar surface area (TPSA) is 29.0 Å². The summed E-state index contributed by atoms with van der Waals surface area (Å²) in [5.41, 5.74) is 4.73. The van der Waals surface area contributed by atoms with Gasteiger partial charge < -0.3 is 4.90 Å². The van der Waals surface area contributed by atoms with Crippen molar-refractivity contribution in [3.8, 4) is 11.3 Å². The number of hydrogen-bond acceptors (Lipinski definition) is 3. The third-order valence-corrected chi connectivity index (χ3v) is 3.66. The van der Waals surface area contributed by atoms with E-state index in [4.69, 9.17) is 0 Å². The Balaban J connectivity index is 0.00000220. The van der Waals surface area contributed by atoms with Crippen molar-refractivity contribution in [3.05, 3.63) is 41.7 Å². The number of anilines is 1. The van der Waals surface area contributed by atoms with Crippen molar-refractivity contribution >= 4 is 18.2 Å². The summed E-state index contributed by atoms with van der Waals surface area (Å²) >= 11 is 0. The average molecular weight is 306 g/mol. The van der Waals surface area contributed by atoms with Crippen LogP contribution in [0.4, 0.5) is 5.82 Å². The van der Waals surface area contributed by atoms with Crippen molar-refractivity contribution in [2.45, 2.75) is 34.1 Å². The molecule has 0 bridgehead atoms. The van der Waals surface area contributed by atoms with E-state index in [2.05, 4.69) is 66.8 Å². The molecule has 3 nitrogen and oxygen atoms in total. The number of hydrogen-bond donors (Lipinski definition) is 0. The smallest absolute Gasteiger partial charge is 0.135 e. The molecule has 0 saturated carbocycles. The van der Waals surface area contributed by atoms with E-state index in [1.165, 1.54) is 16.7 Å². The quantitative estimate of drug-likeness (QED) is 0.825. The number of aromatic nitrogens is 2. The molecule has 0 unspecified atom stereocenters. The standard InChI is InChI=1S/C17H23N3.ClH/c1-5-15-16(14-10-8-13(4)9-11-14)18-12-19-17(15)20(6-2)7-3;/h8-12H,5-7H2,1-4H3;1H. The second kappa shape index (κ2) is 7.99. The fraction of sp³-hybridized carbons (Fsp3) is 0.412. The molecular formula is C17H24ClN3. The van der Waals surface area contributed by atoms with Gasteiger partial charge in [0.25, 0.3) is 0 Å². The van der Waals surface area contributed by atoms with Crippen LogP contribution in [0.15, 0.2) is 30.6 Å². The van der Waals surface area contributed by atoms with Gasteiger partial charge in [-0.25, -0.2) is 9.97 Å². The summed E-state index contributed by atoms with van der Waals surface area (Å²) in [4.78, 5) is 11.3. The van der Waals surface area contributed by atoms with E-state index in [9.17, 15) is 0 Å². The lowest BCUT2D eigenvalue weighted by Gasteiger charge is -2.23. The molecule has 0 aliphatic rings. The minimum Gasteiger partial charge on any atom is -0.357 e. The van der Waals surface area contributed by atoms with E-state index >= 15 is 0 Å². The summed E-state index contributed by atoms with van der Waals surface area (Å²) in [7, 11) is 0. The van der Waals surface area contributed by atoms with Crippen LogP contribution in [0.5, 0.6) is 0 Å². The molecule has 0 N–H and O–H groups in total. The predicted molar refractivity (Wildman–Crippen MR) is 92.4 cm³/mol. The molecule has 0 aliphatic carbocycles. The first kappa shape index (κ1) is 17.4. The summed E-state index contributed by atoms with van der Waals surface area (Å²) in [6.45, 7) is 10.5. The SMILES string of the molecule is CCc1c(-c2ccc(C)cc2)ncnc1N(CC)CC.Cl. The fourth-order valence-corrected chi connectivity index (χ4v) is 2.48. The molecule has 1 aromatic carbocycles. The maximum absolute atomic E-state index is 4.52. The van der Waals surface area contributed by atoms with Crippen LogP contribution in [0, 0.1) is 6.92 Å². The van der Waals surface area contributed by atoms with Crippen molar-refractivity contribution in [2.75, 3.05) is 18.0 Å². The third-order valence-electron chi connectivity index (χ3n) is 3.66. The highest BCUT2D eigenvalue weighted by atomic mass is 35.5. The van der Waals surface area contributed by atoms with Crippen LogP contribution < -0.4 is 4.90 Å². The summed E-state index contributed by atoms with van der Waals surface area (Å²) in [5, 5.41) is 0. The average Bonchev–Trinajstić information content (AvgIpc) is 2.49. The monoisotopic (exact) mass is 305 g/mol. The zero-order valence-corrected chi connectivity index (χ0v) is 14.1. The van der Waals surface area contributed by atoms with Crippen molar-refractivity contribution in [1.82, 2.24) is 9.97 Å². The van der Waals surface area contributed by atoms with Gasteiger partial charge >= 0.3 is 0 Å². The zero-order chi connectivity index (χ0) is 14.5. The molecule has 0 saturated heterocycles. The van der Waals surface area contributed by atoms with Crippen molar-refractivity contribution in [3.63, 3.8) is 0 Å². The molecular weight excluding hydrogens is 282 g/mol. The molecule has 4 heteroatoms. The van der Waals surface area contributed by atoms with Crippen LogP contribution in [0.25, 0.3) is 11.3 Å². The van der Waals surface area contributed by atoms with E-state index in [0.717, 1.165) is 31.0 Å². The lowest BCUT2D eigenvalue weighted by atomic mass is 10.0. The van der Waals surface area contributed by atoms with E-state index < -0.39 is 0 Å². The van der Waals surface area contributed by atoms with Gasteiger partial charge in [-0.3, -0.25) is 0 Å². The summed E-state index contributed by atoms with van der Waals surface area (Å²) in [6, 6.07) is 8.55. The van der Waals surface area contributed by atoms with Crippen molar-refractivity contribution in [2.24, 2.45) is 0 Å². The Labute approximate surface area is 133 Å². The highest BCUT2D eigenvalue weighted by molar-refractivity contribution is 5.85. The van der Waals surface area contributed by atoms with E-state index in [-0.39, 0.29) is 12.4 Å². The number of halogens is 1. The van der Waals surface area contributed by atoms with Gasteiger partial charge in [-0.2, -0.15) is 0 Å². The van der Waals surface area contributed by atoms with Crippen LogP contribution in [-0.4, -0.2) is 23.1 Å². The van der Waals surface area contributed by atoms with Gasteiger partial charge in [0.2, 0.25) is 0 Å². The Hall–Kier alpha value is -1.61. The maximum Gasteiger partial charge on any atom is 0.135 e. The van der Waals surface area contributed by atoms with Gasteiger partial charge in [-0.1, -0.05) is 36.8 Å². The summed E-state index contributed by atoms with van der Waals surface area (Å²) in [5.74, 6) is 1.07. The first-order valence-electron chi connectivity index (χ1n) is 7.37. The largest absolute Gasteiger partial charge is 0.357 e. The molecule has 2 aromatic rings. The van der Waals surface area contributed by atoms with Crippen LogP contribution >= 0.6 is 12.4 Å². The molecule has 0 spiro atoms. The molecule has 0 amide bonds. The Morgan fingerprint density at radius 3 is 2.10 bits per heavy atom. The minimum absolute atomic E-state index is 0. The Kier molecular flexibility index (Phi) is 6.63. The molecule has 0 aliphatic heterocycles. The molecule has 114 valence electrons. The molecule has 21 heavy (non-hydrogen) atoms. The van der Waals surface area contributed by atoms with Crippen LogP contribution in [0.2, 0.25) is 0 Å². The van der Waals surface area contributed by atoms with E-state index in [1.54, 1.807) is 6.33 Å². The first-order valence-corrected chi connectivity index (χ1v) is 7.37. The Bertz CT molecular complexity index is 563. The van der Waals surface area contributed by atoms with Crippen molar-refractivity contribution in [1.29, 1.82) is 0 Å². The first-order chi connectivity index (χ1) is 9.71. The van der Waals surface area contributed by atoms with E-state index in [1.807, 2.05) is 0 Å². The fourth-order valence-electron chi connectivity index (χ4n) is 2.48. The highest BCUT2D eigenvalue weighted by Gasteiger charge is 2.14. The summed E-state index contributed by atoms with van der Waals surface area (Å²) in [6.07, 6.45) is 2.62. The van der Waals surface area contributed by atoms with Gasteiger partial charge in [0, 0.05) is 24.2 Å². The van der Waals surface area contributed by atoms with Crippen LogP contribution in [-0.2, 0) is 6.42 Å². The molecule has 2 rings (SSSR count). The second-order valence-corrected chi connectivity index (χ2v) is 4.92. The van der Waals surface area contributed by atoms with Crippen molar-refractivity contribution < 1.29 is 0 Å². The van der Waals surface area contributed by atoms with Gasteiger partial charge in [0.05, 0.1) is 5.69 Å². The molecule has 1 aromatic heterocycles. The Morgan fingerprint density at radius 1 is 0.952 bits per heavy atom. The molecule has 0 atom stereocenters. The maximum atomic E-state index is 4.52. The highest BCUT2D eigenvalue weighted by Crippen LogP contribution is 2.28. The lowest BCUT2D eigenvalue weighted by Crippen LogP contribution is -2.24. The predicted octanol–water partition coefficient (Wildman–Crippen LogP) is 4.28. The normalized spacial score (nSPS) is 10.1. The van der Waals surface area contributed by atoms with Gasteiger partial charge in [0.15, 0.2) is 0 Å². The molecule has 0 fully saturated rings. The molecule has 0 radical (unpaired) electrons. The van der Waals surface area contributed by atoms with Gasteiger partial charge in [-0.05, 0) is 27.2 Å². The number of aryl methyl sites for hydroxylation is 1. The zero-order valence-electron chi connectivity index (χ0n) is 13.3. The molecule has 1 heterocycles. The second-order valence-electron chi connectivity index (χ2n) is 4.92. The van der Waals surface area contributed by atoms with E-state index in [0.29, 0.717) is 0 Å². The number of rotatable bonds is 5. The third kappa shape index (κ3) is 3.73. The lowest BCUT2D eigenvalue weighted by molar-refractivity contribution is 0.828. The summed E-state index contributed by atoms with van der Waals surface area (Å²) < 4.78 is 0. The van der Waals surface area contributed by atoms with Crippen LogP contribution in [0.1, 0.15) is 31.9 Å². The van der Waals surface area contributed by atoms with Gasteiger partial charge in [0.1, 0.15) is 12.1 Å². The Morgan fingerprint density at radius 2 is 1.57 bits per heavy atom.